The van der Waals surface area contributed by atoms with Crippen LogP contribution in [0.4, 0.5) is 4.39 Å². The SMILES string of the molecule is CCCCCCCC1(F)CCCC(N)C1. The molecule has 0 amide bonds. The molecule has 0 heterocycles. The van der Waals surface area contributed by atoms with Gasteiger partial charge < -0.3 is 5.73 Å². The molecular formula is C13H26FN. The van der Waals surface area contributed by atoms with Crippen molar-refractivity contribution in [2.24, 2.45) is 5.73 Å². The minimum Gasteiger partial charge on any atom is -0.328 e. The normalized spacial score (nSPS) is 31.8. The van der Waals surface area contributed by atoms with Crippen molar-refractivity contribution in [1.82, 2.24) is 0 Å². The molecule has 1 aliphatic carbocycles. The summed E-state index contributed by atoms with van der Waals surface area (Å²) in [5.74, 6) is 0. The summed E-state index contributed by atoms with van der Waals surface area (Å²) >= 11 is 0. The summed E-state index contributed by atoms with van der Waals surface area (Å²) < 4.78 is 14.3. The molecule has 90 valence electrons. The van der Waals surface area contributed by atoms with E-state index in [9.17, 15) is 4.39 Å². The van der Waals surface area contributed by atoms with Crippen molar-refractivity contribution in [1.29, 1.82) is 0 Å². The van der Waals surface area contributed by atoms with Crippen molar-refractivity contribution in [2.75, 3.05) is 0 Å². The van der Waals surface area contributed by atoms with Gasteiger partial charge in [-0.05, 0) is 32.1 Å². The number of halogens is 1. The van der Waals surface area contributed by atoms with Gasteiger partial charge in [0.2, 0.25) is 0 Å². The van der Waals surface area contributed by atoms with Crippen LogP contribution < -0.4 is 5.73 Å². The van der Waals surface area contributed by atoms with Gasteiger partial charge in [0.1, 0.15) is 5.67 Å². The molecule has 1 rings (SSSR count). The molecule has 1 aliphatic rings. The van der Waals surface area contributed by atoms with Gasteiger partial charge in [-0.15, -0.1) is 0 Å². The van der Waals surface area contributed by atoms with Gasteiger partial charge in [-0.25, -0.2) is 4.39 Å². The maximum absolute atomic E-state index is 14.3. The highest BCUT2D eigenvalue weighted by atomic mass is 19.1. The first-order valence-electron chi connectivity index (χ1n) is 6.61. The molecule has 0 saturated heterocycles. The number of nitrogens with two attached hydrogens (primary N) is 1. The molecule has 2 heteroatoms. The summed E-state index contributed by atoms with van der Waals surface area (Å²) in [5, 5.41) is 0. The van der Waals surface area contributed by atoms with Crippen LogP contribution in [0, 0.1) is 0 Å². The van der Waals surface area contributed by atoms with Gasteiger partial charge in [0.05, 0.1) is 0 Å². The summed E-state index contributed by atoms with van der Waals surface area (Å²) in [5.41, 5.74) is 4.90. The molecule has 0 aromatic carbocycles. The Bertz CT molecular complexity index is 172. The molecule has 15 heavy (non-hydrogen) atoms. The Labute approximate surface area is 93.6 Å². The van der Waals surface area contributed by atoms with Crippen LogP contribution in [0.25, 0.3) is 0 Å². The molecule has 1 nitrogen and oxygen atoms in total. The number of hydrogen-bond acceptors (Lipinski definition) is 1. The first-order valence-corrected chi connectivity index (χ1v) is 6.61. The predicted molar refractivity (Wildman–Crippen MR) is 63.7 cm³/mol. The lowest BCUT2D eigenvalue weighted by molar-refractivity contribution is 0.0829. The van der Waals surface area contributed by atoms with E-state index in [0.29, 0.717) is 6.42 Å². The Morgan fingerprint density at radius 1 is 1.27 bits per heavy atom. The van der Waals surface area contributed by atoms with Crippen LogP contribution in [0.3, 0.4) is 0 Å². The molecule has 0 bridgehead atoms. The zero-order valence-corrected chi connectivity index (χ0v) is 10.1. The van der Waals surface area contributed by atoms with E-state index in [2.05, 4.69) is 6.92 Å². The molecule has 0 aliphatic heterocycles. The lowest BCUT2D eigenvalue weighted by Gasteiger charge is -2.33. The minimum atomic E-state index is -0.927. The van der Waals surface area contributed by atoms with Gasteiger partial charge in [0.15, 0.2) is 0 Å². The monoisotopic (exact) mass is 215 g/mol. The average molecular weight is 215 g/mol. The minimum absolute atomic E-state index is 0.111. The molecular weight excluding hydrogens is 189 g/mol. The molecule has 2 N–H and O–H groups in total. The van der Waals surface area contributed by atoms with Crippen molar-refractivity contribution in [3.63, 3.8) is 0 Å². The van der Waals surface area contributed by atoms with E-state index < -0.39 is 5.67 Å². The quantitative estimate of drug-likeness (QED) is 0.667. The van der Waals surface area contributed by atoms with E-state index in [-0.39, 0.29) is 6.04 Å². The Morgan fingerprint density at radius 2 is 2.00 bits per heavy atom. The number of hydrogen-bond donors (Lipinski definition) is 1. The summed E-state index contributed by atoms with van der Waals surface area (Å²) in [6, 6.07) is 0.111. The topological polar surface area (TPSA) is 26.0 Å². The number of rotatable bonds is 6. The Balaban J connectivity index is 2.12. The summed E-state index contributed by atoms with van der Waals surface area (Å²) in [7, 11) is 0. The Morgan fingerprint density at radius 3 is 2.67 bits per heavy atom. The predicted octanol–water partition coefficient (Wildman–Crippen LogP) is 3.96. The van der Waals surface area contributed by atoms with Gasteiger partial charge in [-0.2, -0.15) is 0 Å². The summed E-state index contributed by atoms with van der Waals surface area (Å²) in [6.07, 6.45) is 10.1. The lowest BCUT2D eigenvalue weighted by Crippen LogP contribution is -2.37. The first kappa shape index (κ1) is 13.0. The standard InChI is InChI=1S/C13H26FN/c1-2-3-4-5-6-9-13(14)10-7-8-12(15)11-13/h12H,2-11,15H2,1H3. The molecule has 0 aromatic heterocycles. The van der Waals surface area contributed by atoms with Crippen LogP contribution in [-0.2, 0) is 0 Å². The smallest absolute Gasteiger partial charge is 0.112 e. The van der Waals surface area contributed by atoms with Crippen LogP contribution in [0.1, 0.15) is 71.1 Å². The fraction of sp³-hybridized carbons (Fsp3) is 1.00. The highest BCUT2D eigenvalue weighted by Gasteiger charge is 2.34. The van der Waals surface area contributed by atoms with E-state index in [4.69, 9.17) is 5.73 Å². The van der Waals surface area contributed by atoms with Crippen LogP contribution in [0.5, 0.6) is 0 Å². The van der Waals surface area contributed by atoms with E-state index >= 15 is 0 Å². The summed E-state index contributed by atoms with van der Waals surface area (Å²) in [4.78, 5) is 0. The molecule has 0 radical (unpaired) electrons. The Kier molecular flexibility index (Phi) is 5.59. The van der Waals surface area contributed by atoms with Crippen LogP contribution >= 0.6 is 0 Å². The molecule has 2 unspecified atom stereocenters. The van der Waals surface area contributed by atoms with Gasteiger partial charge in [0, 0.05) is 6.04 Å². The van der Waals surface area contributed by atoms with Crippen molar-refractivity contribution in [2.45, 2.75) is 82.8 Å². The van der Waals surface area contributed by atoms with E-state index in [1.165, 1.54) is 25.7 Å². The van der Waals surface area contributed by atoms with Crippen molar-refractivity contribution in [3.05, 3.63) is 0 Å². The zero-order valence-electron chi connectivity index (χ0n) is 10.1. The van der Waals surface area contributed by atoms with Gasteiger partial charge in [-0.1, -0.05) is 39.0 Å². The maximum Gasteiger partial charge on any atom is 0.112 e. The Hall–Kier alpha value is -0.110. The second kappa shape index (κ2) is 6.47. The largest absolute Gasteiger partial charge is 0.328 e. The third kappa shape index (κ3) is 4.96. The van der Waals surface area contributed by atoms with E-state index in [0.717, 1.165) is 32.1 Å². The van der Waals surface area contributed by atoms with Crippen LogP contribution in [0.2, 0.25) is 0 Å². The van der Waals surface area contributed by atoms with Gasteiger partial charge >= 0.3 is 0 Å². The molecule has 1 fully saturated rings. The second-order valence-corrected chi connectivity index (χ2v) is 5.17. The average Bonchev–Trinajstić information content (AvgIpc) is 2.17. The lowest BCUT2D eigenvalue weighted by atomic mass is 9.80. The third-order valence-corrected chi connectivity index (χ3v) is 3.56. The summed E-state index contributed by atoms with van der Waals surface area (Å²) in [6.45, 7) is 2.21. The highest BCUT2D eigenvalue weighted by molar-refractivity contribution is 4.88. The third-order valence-electron chi connectivity index (χ3n) is 3.56. The number of alkyl halides is 1. The van der Waals surface area contributed by atoms with E-state index in [1.807, 2.05) is 0 Å². The maximum atomic E-state index is 14.3. The first-order chi connectivity index (χ1) is 7.16. The molecule has 0 spiro atoms. The zero-order chi connectivity index (χ0) is 11.1. The molecule has 0 aromatic rings. The van der Waals surface area contributed by atoms with Gasteiger partial charge in [-0.3, -0.25) is 0 Å². The second-order valence-electron chi connectivity index (χ2n) is 5.17. The number of unbranched alkanes of at least 4 members (excludes halogenated alkanes) is 4. The van der Waals surface area contributed by atoms with Crippen LogP contribution in [0.15, 0.2) is 0 Å². The van der Waals surface area contributed by atoms with Crippen molar-refractivity contribution >= 4 is 0 Å². The fourth-order valence-electron chi connectivity index (χ4n) is 2.63. The van der Waals surface area contributed by atoms with Crippen LogP contribution in [-0.4, -0.2) is 11.7 Å². The van der Waals surface area contributed by atoms with E-state index in [1.54, 1.807) is 0 Å². The van der Waals surface area contributed by atoms with Gasteiger partial charge in [0.25, 0.3) is 0 Å². The fourth-order valence-corrected chi connectivity index (χ4v) is 2.63. The highest BCUT2D eigenvalue weighted by Crippen LogP contribution is 2.35. The van der Waals surface area contributed by atoms with Crippen molar-refractivity contribution < 1.29 is 4.39 Å². The van der Waals surface area contributed by atoms with Crippen molar-refractivity contribution in [3.8, 4) is 0 Å². The molecule has 1 saturated carbocycles. The molecule has 2 atom stereocenters.